The first-order valence-corrected chi connectivity index (χ1v) is 14.6. The molecular formula is C25H38ClN3O4S. The van der Waals surface area contributed by atoms with Gasteiger partial charge in [-0.1, -0.05) is 24.4 Å². The maximum Gasteiger partial charge on any atom is 0.248 e. The van der Waals surface area contributed by atoms with Crippen LogP contribution in [-0.4, -0.2) is 85.9 Å². The Morgan fingerprint density at radius 2 is 1.65 bits per heavy atom. The Kier molecular flexibility index (Phi) is 8.91. The topological polar surface area (TPSA) is 70.2 Å². The molecule has 3 aliphatic rings. The Bertz CT molecular complexity index is 913. The monoisotopic (exact) mass is 511 g/mol. The molecule has 2 atom stereocenters. The molecular weight excluding hydrogens is 474 g/mol. The minimum Gasteiger partial charge on any atom is -0.370 e. The predicted octanol–water partition coefficient (Wildman–Crippen LogP) is 3.77. The van der Waals surface area contributed by atoms with Gasteiger partial charge < -0.3 is 14.5 Å². The van der Waals surface area contributed by atoms with Gasteiger partial charge in [-0.05, 0) is 82.8 Å². The third-order valence-corrected chi connectivity index (χ3v) is 9.94. The van der Waals surface area contributed by atoms with Crippen molar-refractivity contribution in [3.05, 3.63) is 29.3 Å². The summed E-state index contributed by atoms with van der Waals surface area (Å²) in [7, 11) is -3.67. The largest absolute Gasteiger partial charge is 0.370 e. The predicted molar refractivity (Wildman–Crippen MR) is 133 cm³/mol. The number of carbonyl (C=O) groups is 1. The summed E-state index contributed by atoms with van der Waals surface area (Å²) in [6.07, 6.45) is 8.46. The van der Waals surface area contributed by atoms with E-state index in [1.165, 1.54) is 32.4 Å². The van der Waals surface area contributed by atoms with Crippen LogP contribution in [0.3, 0.4) is 0 Å². The number of amides is 1. The first-order chi connectivity index (χ1) is 16.4. The van der Waals surface area contributed by atoms with Gasteiger partial charge in [-0.25, -0.2) is 8.42 Å². The fourth-order valence-corrected chi connectivity index (χ4v) is 7.71. The number of carbonyl (C=O) groups excluding carboxylic acids is 1. The molecule has 9 heteroatoms. The van der Waals surface area contributed by atoms with Gasteiger partial charge in [0.1, 0.15) is 6.61 Å². The summed E-state index contributed by atoms with van der Waals surface area (Å²) < 4.78 is 34.2. The van der Waals surface area contributed by atoms with Crippen LogP contribution in [-0.2, 0) is 19.6 Å². The maximum atomic E-state index is 13.4. The van der Waals surface area contributed by atoms with Crippen LogP contribution in [0.4, 0.5) is 0 Å². The van der Waals surface area contributed by atoms with Crippen molar-refractivity contribution in [3.8, 4) is 0 Å². The van der Waals surface area contributed by atoms with Crippen LogP contribution < -0.4 is 0 Å². The SMILES string of the molecule is C[C@@H]1CCC[C@H](COCC(=O)N2CCC(N3CCCCC3)CC2)N1S(=O)(=O)c1ccc(Cl)cc1. The van der Waals surface area contributed by atoms with Crippen molar-refractivity contribution in [2.45, 2.75) is 81.3 Å². The van der Waals surface area contributed by atoms with E-state index in [1.54, 1.807) is 28.6 Å². The highest BCUT2D eigenvalue weighted by atomic mass is 35.5. The molecule has 3 heterocycles. The lowest BCUT2D eigenvalue weighted by molar-refractivity contribution is -0.138. The van der Waals surface area contributed by atoms with Gasteiger partial charge in [-0.3, -0.25) is 4.79 Å². The zero-order valence-corrected chi connectivity index (χ0v) is 21.8. The molecule has 3 saturated heterocycles. The Hall–Kier alpha value is -1.19. The number of likely N-dealkylation sites (tertiary alicyclic amines) is 2. The zero-order valence-electron chi connectivity index (χ0n) is 20.2. The van der Waals surface area contributed by atoms with E-state index in [0.717, 1.165) is 45.2 Å². The number of hydrogen-bond acceptors (Lipinski definition) is 5. The molecule has 0 aromatic heterocycles. The number of piperidine rings is 3. The van der Waals surface area contributed by atoms with Crippen molar-refractivity contribution < 1.29 is 17.9 Å². The van der Waals surface area contributed by atoms with E-state index in [1.807, 2.05) is 11.8 Å². The second-order valence-electron chi connectivity index (χ2n) is 9.95. The molecule has 4 rings (SSSR count). The smallest absolute Gasteiger partial charge is 0.248 e. The van der Waals surface area contributed by atoms with Gasteiger partial charge >= 0.3 is 0 Å². The van der Waals surface area contributed by atoms with Crippen molar-refractivity contribution >= 4 is 27.5 Å². The van der Waals surface area contributed by atoms with Crippen LogP contribution in [0.25, 0.3) is 0 Å². The summed E-state index contributed by atoms with van der Waals surface area (Å²) >= 11 is 5.95. The summed E-state index contributed by atoms with van der Waals surface area (Å²) in [5.74, 6) is 0.00746. The molecule has 0 bridgehead atoms. The average Bonchev–Trinajstić information content (AvgIpc) is 2.85. The second-order valence-corrected chi connectivity index (χ2v) is 12.2. The normalized spacial score (nSPS) is 26.0. The molecule has 7 nitrogen and oxygen atoms in total. The number of halogens is 1. The van der Waals surface area contributed by atoms with Crippen molar-refractivity contribution in [3.63, 3.8) is 0 Å². The molecule has 0 radical (unpaired) electrons. The third kappa shape index (κ3) is 6.13. The van der Waals surface area contributed by atoms with Gasteiger partial charge in [0.15, 0.2) is 0 Å². The summed E-state index contributed by atoms with van der Waals surface area (Å²) in [6.45, 7) is 6.12. The Morgan fingerprint density at radius 1 is 0.971 bits per heavy atom. The zero-order chi connectivity index (χ0) is 24.1. The molecule has 3 aliphatic heterocycles. The fourth-order valence-electron chi connectivity index (χ4n) is 5.72. The van der Waals surface area contributed by atoms with Gasteiger partial charge in [-0.2, -0.15) is 4.31 Å². The molecule has 190 valence electrons. The van der Waals surface area contributed by atoms with E-state index in [0.29, 0.717) is 11.1 Å². The van der Waals surface area contributed by atoms with Crippen LogP contribution in [0.1, 0.15) is 58.3 Å². The lowest BCUT2D eigenvalue weighted by Gasteiger charge is -2.40. The molecule has 0 unspecified atom stereocenters. The van der Waals surface area contributed by atoms with Crippen molar-refractivity contribution in [1.29, 1.82) is 0 Å². The van der Waals surface area contributed by atoms with Crippen LogP contribution in [0.5, 0.6) is 0 Å². The molecule has 0 aliphatic carbocycles. The van der Waals surface area contributed by atoms with Gasteiger partial charge in [-0.15, -0.1) is 0 Å². The lowest BCUT2D eigenvalue weighted by atomic mass is 10.00. The van der Waals surface area contributed by atoms with Crippen LogP contribution in [0, 0.1) is 0 Å². The number of benzene rings is 1. The molecule has 0 spiro atoms. The number of sulfonamides is 1. The summed E-state index contributed by atoms with van der Waals surface area (Å²) in [5.41, 5.74) is 0. The van der Waals surface area contributed by atoms with Crippen LogP contribution in [0.15, 0.2) is 29.2 Å². The molecule has 3 fully saturated rings. The number of rotatable bonds is 7. The Morgan fingerprint density at radius 3 is 2.32 bits per heavy atom. The summed E-state index contributed by atoms with van der Waals surface area (Å²) in [5, 5.41) is 0.504. The molecule has 1 amide bonds. The lowest BCUT2D eigenvalue weighted by Crippen LogP contribution is -2.51. The number of nitrogens with zero attached hydrogens (tertiary/aromatic N) is 3. The fraction of sp³-hybridized carbons (Fsp3) is 0.720. The van der Waals surface area contributed by atoms with Gasteiger partial charge in [0.05, 0.1) is 11.5 Å². The molecule has 1 aromatic rings. The highest BCUT2D eigenvalue weighted by Gasteiger charge is 2.38. The number of ether oxygens (including phenoxy) is 1. The van der Waals surface area contributed by atoms with Gasteiger partial charge in [0.2, 0.25) is 15.9 Å². The Balaban J connectivity index is 1.29. The summed E-state index contributed by atoms with van der Waals surface area (Å²) in [4.78, 5) is 17.5. The highest BCUT2D eigenvalue weighted by molar-refractivity contribution is 7.89. The standard InChI is InChI=1S/C25H38ClN3O4S/c1-20-6-5-7-23(29(20)34(31,32)24-10-8-21(26)9-11-24)18-33-19-25(30)28-16-12-22(13-17-28)27-14-3-2-4-15-27/h8-11,20,22-23H,2-7,12-19H2,1H3/t20-,23-/m1/s1. The van der Waals surface area contributed by atoms with E-state index >= 15 is 0 Å². The third-order valence-electron chi connectivity index (χ3n) is 7.60. The number of hydrogen-bond donors (Lipinski definition) is 0. The van der Waals surface area contributed by atoms with E-state index in [2.05, 4.69) is 4.90 Å². The molecule has 34 heavy (non-hydrogen) atoms. The van der Waals surface area contributed by atoms with Gasteiger partial charge in [0.25, 0.3) is 0 Å². The molecule has 0 saturated carbocycles. The first kappa shape index (κ1) is 25.9. The van der Waals surface area contributed by atoms with Crippen molar-refractivity contribution in [1.82, 2.24) is 14.1 Å². The van der Waals surface area contributed by atoms with E-state index in [4.69, 9.17) is 16.3 Å². The first-order valence-electron chi connectivity index (χ1n) is 12.7. The quantitative estimate of drug-likeness (QED) is 0.557. The summed E-state index contributed by atoms with van der Waals surface area (Å²) in [6, 6.07) is 6.50. The van der Waals surface area contributed by atoms with Crippen LogP contribution >= 0.6 is 11.6 Å². The van der Waals surface area contributed by atoms with Gasteiger partial charge in [0, 0.05) is 36.2 Å². The van der Waals surface area contributed by atoms with Crippen LogP contribution in [0.2, 0.25) is 5.02 Å². The van der Waals surface area contributed by atoms with Crippen molar-refractivity contribution in [2.24, 2.45) is 0 Å². The Labute approximate surface area is 209 Å². The minimum atomic E-state index is -3.67. The van der Waals surface area contributed by atoms with Crippen molar-refractivity contribution in [2.75, 3.05) is 39.4 Å². The van der Waals surface area contributed by atoms with E-state index in [-0.39, 0.29) is 36.1 Å². The highest BCUT2D eigenvalue weighted by Crippen LogP contribution is 2.30. The van der Waals surface area contributed by atoms with E-state index in [9.17, 15) is 13.2 Å². The maximum absolute atomic E-state index is 13.4. The average molecular weight is 512 g/mol. The van der Waals surface area contributed by atoms with E-state index < -0.39 is 10.0 Å². The molecule has 1 aromatic carbocycles. The second kappa shape index (κ2) is 11.7. The minimum absolute atomic E-state index is 0.00746. The molecule has 0 N–H and O–H groups in total.